The van der Waals surface area contributed by atoms with Crippen molar-refractivity contribution in [1.82, 2.24) is 15.0 Å². The first-order chi connectivity index (χ1) is 14.1. The molecule has 5 heteroatoms. The van der Waals surface area contributed by atoms with Gasteiger partial charge in [0.05, 0.1) is 16.6 Å². The first kappa shape index (κ1) is 17.4. The average Bonchev–Trinajstić information content (AvgIpc) is 3.25. The minimum atomic E-state index is -0.189. The normalized spacial score (nSPS) is 26.4. The third kappa shape index (κ3) is 2.84. The van der Waals surface area contributed by atoms with Gasteiger partial charge in [-0.15, -0.1) is 0 Å². The van der Waals surface area contributed by atoms with Gasteiger partial charge in [-0.1, -0.05) is 11.6 Å². The molecule has 1 atom stereocenters. The van der Waals surface area contributed by atoms with Crippen LogP contribution in [0.1, 0.15) is 55.3 Å². The van der Waals surface area contributed by atoms with Gasteiger partial charge in [-0.3, -0.25) is 4.98 Å². The maximum Gasteiger partial charge on any atom is 0.123 e. The number of pyridine rings is 1. The van der Waals surface area contributed by atoms with Crippen molar-refractivity contribution >= 4 is 33.5 Å². The van der Waals surface area contributed by atoms with Crippen LogP contribution in [0.15, 0.2) is 48.7 Å². The number of nitrogens with one attached hydrogen (secondary N) is 1. The van der Waals surface area contributed by atoms with E-state index < -0.39 is 0 Å². The number of imidazole rings is 1. The number of halogens is 2. The van der Waals surface area contributed by atoms with E-state index in [0.717, 1.165) is 45.6 Å². The first-order valence-electron chi connectivity index (χ1n) is 10.3. The van der Waals surface area contributed by atoms with Crippen molar-refractivity contribution in [3.05, 3.63) is 70.9 Å². The Labute approximate surface area is 173 Å². The van der Waals surface area contributed by atoms with Crippen LogP contribution < -0.4 is 0 Å². The fourth-order valence-corrected chi connectivity index (χ4v) is 5.63. The van der Waals surface area contributed by atoms with Crippen LogP contribution in [-0.4, -0.2) is 15.0 Å². The second-order valence-corrected chi connectivity index (χ2v) is 9.17. The zero-order valence-corrected chi connectivity index (χ0v) is 16.7. The molecule has 29 heavy (non-hydrogen) atoms. The Morgan fingerprint density at radius 2 is 1.86 bits per heavy atom. The van der Waals surface area contributed by atoms with Gasteiger partial charge in [0, 0.05) is 22.5 Å². The van der Waals surface area contributed by atoms with Crippen LogP contribution in [0.2, 0.25) is 5.02 Å². The molecule has 2 saturated carbocycles. The summed E-state index contributed by atoms with van der Waals surface area (Å²) < 4.78 is 13.8. The van der Waals surface area contributed by atoms with Gasteiger partial charge in [-0.05, 0) is 91.5 Å². The van der Waals surface area contributed by atoms with Gasteiger partial charge in [0.15, 0.2) is 0 Å². The molecule has 6 rings (SSSR count). The van der Waals surface area contributed by atoms with Crippen molar-refractivity contribution in [3.8, 4) is 0 Å². The molecule has 2 fully saturated rings. The number of H-pyrrole nitrogens is 1. The Kier molecular flexibility index (Phi) is 3.76. The summed E-state index contributed by atoms with van der Waals surface area (Å²) in [6, 6.07) is 12.8. The van der Waals surface area contributed by atoms with Gasteiger partial charge in [-0.25, -0.2) is 9.37 Å². The molecule has 3 nitrogen and oxygen atoms in total. The molecule has 0 amide bonds. The molecule has 0 aliphatic heterocycles. The van der Waals surface area contributed by atoms with Gasteiger partial charge in [0.2, 0.25) is 0 Å². The lowest BCUT2D eigenvalue weighted by molar-refractivity contribution is 0.296. The number of aromatic amines is 1. The fourth-order valence-electron chi connectivity index (χ4n) is 5.45. The molecule has 2 aromatic heterocycles. The van der Waals surface area contributed by atoms with Crippen molar-refractivity contribution in [1.29, 1.82) is 0 Å². The smallest absolute Gasteiger partial charge is 0.123 e. The van der Waals surface area contributed by atoms with Crippen LogP contribution in [0.25, 0.3) is 21.9 Å². The lowest BCUT2D eigenvalue weighted by Gasteiger charge is -2.30. The molecular weight excluding hydrogens is 385 g/mol. The molecule has 4 aromatic rings. The molecule has 2 heterocycles. The van der Waals surface area contributed by atoms with Gasteiger partial charge in [0.1, 0.15) is 11.6 Å². The highest BCUT2D eigenvalue weighted by Gasteiger charge is 2.57. The van der Waals surface area contributed by atoms with Crippen molar-refractivity contribution in [2.75, 3.05) is 0 Å². The van der Waals surface area contributed by atoms with Crippen molar-refractivity contribution in [3.63, 3.8) is 0 Å². The highest BCUT2D eigenvalue weighted by molar-refractivity contribution is 6.31. The number of fused-ring (bicyclic) bond motifs is 2. The second kappa shape index (κ2) is 6.27. The van der Waals surface area contributed by atoms with Gasteiger partial charge in [-0.2, -0.15) is 0 Å². The van der Waals surface area contributed by atoms with Gasteiger partial charge < -0.3 is 4.98 Å². The third-order valence-electron chi connectivity index (χ3n) is 7.14. The lowest BCUT2D eigenvalue weighted by Crippen LogP contribution is -2.16. The Balaban J connectivity index is 1.23. The molecule has 2 aliphatic carbocycles. The van der Waals surface area contributed by atoms with Gasteiger partial charge >= 0.3 is 0 Å². The van der Waals surface area contributed by atoms with Crippen LogP contribution in [0, 0.1) is 11.2 Å². The number of benzene rings is 2. The molecule has 1 unspecified atom stereocenters. The molecule has 2 aromatic carbocycles. The largest absolute Gasteiger partial charge is 0.342 e. The van der Waals surface area contributed by atoms with Crippen LogP contribution in [0.4, 0.5) is 4.39 Å². The van der Waals surface area contributed by atoms with Crippen molar-refractivity contribution in [2.45, 2.75) is 43.9 Å². The topological polar surface area (TPSA) is 41.6 Å². The molecule has 0 radical (unpaired) electrons. The maximum absolute atomic E-state index is 13.8. The van der Waals surface area contributed by atoms with E-state index in [2.05, 4.69) is 16.0 Å². The van der Waals surface area contributed by atoms with E-state index in [1.54, 1.807) is 12.1 Å². The van der Waals surface area contributed by atoms with E-state index in [1.807, 2.05) is 24.4 Å². The van der Waals surface area contributed by atoms with E-state index in [4.69, 9.17) is 16.6 Å². The zero-order valence-electron chi connectivity index (χ0n) is 16.0. The molecule has 2 aliphatic rings. The summed E-state index contributed by atoms with van der Waals surface area (Å²) in [5.41, 5.74) is 4.52. The summed E-state index contributed by atoms with van der Waals surface area (Å²) >= 11 is 6.12. The van der Waals surface area contributed by atoms with E-state index in [9.17, 15) is 4.39 Å². The summed E-state index contributed by atoms with van der Waals surface area (Å²) in [4.78, 5) is 12.7. The van der Waals surface area contributed by atoms with Crippen molar-refractivity contribution in [2.24, 2.45) is 5.41 Å². The fraction of sp³-hybridized carbons (Fsp3) is 0.333. The van der Waals surface area contributed by atoms with Gasteiger partial charge in [0.25, 0.3) is 0 Å². The minimum Gasteiger partial charge on any atom is -0.342 e. The summed E-state index contributed by atoms with van der Waals surface area (Å²) in [5, 5.41) is 1.70. The molecule has 0 saturated heterocycles. The number of rotatable bonds is 2. The molecule has 0 bridgehead atoms. The SMILES string of the molecule is Fc1ccc2nccc(C3CCC4(CC3)CC4c3nc4ccc(Cl)cc4[nH]3)c2c1. The summed E-state index contributed by atoms with van der Waals surface area (Å²) in [5.74, 6) is 1.91. The summed E-state index contributed by atoms with van der Waals surface area (Å²) in [6.07, 6.45) is 7.73. The van der Waals surface area contributed by atoms with Crippen LogP contribution in [-0.2, 0) is 0 Å². The van der Waals surface area contributed by atoms with E-state index in [1.165, 1.54) is 30.9 Å². The number of nitrogens with zero attached hydrogens (tertiary/aromatic N) is 2. The Morgan fingerprint density at radius 3 is 2.72 bits per heavy atom. The Hall–Kier alpha value is -2.46. The zero-order chi connectivity index (χ0) is 19.6. The summed E-state index contributed by atoms with van der Waals surface area (Å²) in [7, 11) is 0. The first-order valence-corrected chi connectivity index (χ1v) is 10.7. The highest BCUT2D eigenvalue weighted by Crippen LogP contribution is 2.67. The average molecular weight is 406 g/mol. The van der Waals surface area contributed by atoms with Crippen LogP contribution in [0.5, 0.6) is 0 Å². The second-order valence-electron chi connectivity index (χ2n) is 8.74. The molecular formula is C24H21ClFN3. The molecule has 1 spiro atoms. The Morgan fingerprint density at radius 1 is 1.03 bits per heavy atom. The minimum absolute atomic E-state index is 0.189. The standard InChI is InChI=1S/C24H21ClFN3/c25-15-1-3-21-22(11-15)29-23(28-21)19-13-24(19)8-5-14(6-9-24)17-7-10-27-20-4-2-16(26)12-18(17)20/h1-4,7,10-12,14,19H,5-6,8-9,13H2,(H,28,29). The van der Waals surface area contributed by atoms with E-state index >= 15 is 0 Å². The molecule has 146 valence electrons. The third-order valence-corrected chi connectivity index (χ3v) is 7.38. The van der Waals surface area contributed by atoms with E-state index in [0.29, 0.717) is 17.3 Å². The number of hydrogen-bond donors (Lipinski definition) is 1. The number of hydrogen-bond acceptors (Lipinski definition) is 2. The van der Waals surface area contributed by atoms with Crippen LogP contribution in [0.3, 0.4) is 0 Å². The van der Waals surface area contributed by atoms with Crippen LogP contribution >= 0.6 is 11.6 Å². The highest BCUT2D eigenvalue weighted by atomic mass is 35.5. The predicted octanol–water partition coefficient (Wildman–Crippen LogP) is 6.74. The predicted molar refractivity (Wildman–Crippen MR) is 114 cm³/mol. The summed E-state index contributed by atoms with van der Waals surface area (Å²) in [6.45, 7) is 0. The van der Waals surface area contributed by atoms with Crippen molar-refractivity contribution < 1.29 is 4.39 Å². The monoisotopic (exact) mass is 405 g/mol. The van der Waals surface area contributed by atoms with E-state index in [-0.39, 0.29) is 5.82 Å². The quantitative estimate of drug-likeness (QED) is 0.401. The molecule has 1 N–H and O–H groups in total. The lowest BCUT2D eigenvalue weighted by atomic mass is 9.75. The number of aromatic nitrogens is 3. The Bertz CT molecular complexity index is 1240. The maximum atomic E-state index is 13.8.